The molecule has 2 N–H and O–H groups in total. The van der Waals surface area contributed by atoms with Crippen LogP contribution in [0.25, 0.3) is 0 Å². The largest absolute Gasteiger partial charge is 0.377 e. The third-order valence-corrected chi connectivity index (χ3v) is 5.49. The zero-order valence-corrected chi connectivity index (χ0v) is 20.7. The Morgan fingerprint density at radius 1 is 1.16 bits per heavy atom. The number of carbonyl (C=O) groups excluding carboxylic acids is 2. The van der Waals surface area contributed by atoms with Gasteiger partial charge in [-0.1, -0.05) is 39.0 Å². The van der Waals surface area contributed by atoms with E-state index >= 15 is 0 Å². The SMILES string of the molecule is Br.CNC(=O)c1cc2c(cc1N(C)C)CN(CC(=O)c1cccc(C(C)(C)C)c1)C2=N. The Labute approximate surface area is 194 Å². The molecule has 1 amide bonds. The molecular weight excluding hydrogens is 456 g/mol. The lowest BCUT2D eigenvalue weighted by atomic mass is 9.86. The highest BCUT2D eigenvalue weighted by atomic mass is 79.9. The number of halogens is 1. The predicted octanol–water partition coefficient (Wildman–Crippen LogP) is 4.01. The van der Waals surface area contributed by atoms with Crippen LogP contribution < -0.4 is 10.2 Å². The number of Topliss-reactive ketones (excluding diaryl/α,β-unsaturated/α-hetero) is 1. The van der Waals surface area contributed by atoms with E-state index in [1.165, 1.54) is 0 Å². The van der Waals surface area contributed by atoms with Crippen LogP contribution in [0.2, 0.25) is 0 Å². The molecule has 0 spiro atoms. The molecule has 0 fully saturated rings. The van der Waals surface area contributed by atoms with E-state index in [2.05, 4.69) is 26.1 Å². The molecule has 3 rings (SSSR count). The number of anilines is 1. The molecule has 0 aromatic heterocycles. The molecule has 2 aromatic rings. The van der Waals surface area contributed by atoms with Crippen molar-refractivity contribution in [1.29, 1.82) is 5.41 Å². The van der Waals surface area contributed by atoms with Gasteiger partial charge in [0.2, 0.25) is 0 Å². The number of amidine groups is 1. The molecule has 0 saturated carbocycles. The third kappa shape index (κ3) is 4.98. The number of nitrogens with zero attached hydrogens (tertiary/aromatic N) is 2. The minimum Gasteiger partial charge on any atom is -0.377 e. The Morgan fingerprint density at radius 3 is 2.42 bits per heavy atom. The van der Waals surface area contributed by atoms with E-state index in [0.717, 1.165) is 16.8 Å². The van der Waals surface area contributed by atoms with E-state index in [9.17, 15) is 9.59 Å². The molecule has 166 valence electrons. The smallest absolute Gasteiger partial charge is 0.253 e. The fraction of sp³-hybridized carbons (Fsp3) is 0.375. The highest BCUT2D eigenvalue weighted by Crippen LogP contribution is 2.31. The molecular formula is C24H31BrN4O2. The van der Waals surface area contributed by atoms with E-state index in [-0.39, 0.29) is 46.5 Å². The molecule has 0 atom stereocenters. The third-order valence-electron chi connectivity index (χ3n) is 5.49. The van der Waals surface area contributed by atoms with Crippen LogP contribution in [0.5, 0.6) is 0 Å². The van der Waals surface area contributed by atoms with Crippen molar-refractivity contribution >= 4 is 40.2 Å². The van der Waals surface area contributed by atoms with Crippen molar-refractivity contribution in [3.05, 3.63) is 64.2 Å². The van der Waals surface area contributed by atoms with Crippen molar-refractivity contribution in [3.8, 4) is 0 Å². The number of rotatable bonds is 5. The summed E-state index contributed by atoms with van der Waals surface area (Å²) in [4.78, 5) is 28.9. The maximum absolute atomic E-state index is 13.0. The van der Waals surface area contributed by atoms with Gasteiger partial charge in [-0.25, -0.2) is 0 Å². The lowest BCUT2D eigenvalue weighted by Gasteiger charge is -2.20. The van der Waals surface area contributed by atoms with E-state index in [1.807, 2.05) is 49.3 Å². The van der Waals surface area contributed by atoms with E-state index in [0.29, 0.717) is 23.2 Å². The second-order valence-corrected chi connectivity index (χ2v) is 8.96. The van der Waals surface area contributed by atoms with E-state index in [1.54, 1.807) is 18.0 Å². The fourth-order valence-corrected chi connectivity index (χ4v) is 3.68. The summed E-state index contributed by atoms with van der Waals surface area (Å²) in [5, 5.41) is 11.2. The fourth-order valence-electron chi connectivity index (χ4n) is 3.68. The molecule has 0 unspecified atom stereocenters. The minimum absolute atomic E-state index is 0. The first-order chi connectivity index (χ1) is 14.0. The van der Waals surface area contributed by atoms with Crippen LogP contribution in [-0.4, -0.2) is 50.1 Å². The quantitative estimate of drug-likeness (QED) is 0.625. The molecule has 0 bridgehead atoms. The summed E-state index contributed by atoms with van der Waals surface area (Å²) in [5.41, 5.74) is 4.71. The first-order valence-electron chi connectivity index (χ1n) is 10.1. The van der Waals surface area contributed by atoms with E-state index in [4.69, 9.17) is 5.41 Å². The van der Waals surface area contributed by atoms with Gasteiger partial charge in [0.05, 0.1) is 12.1 Å². The molecule has 0 radical (unpaired) electrons. The number of ketones is 1. The average molecular weight is 487 g/mol. The highest BCUT2D eigenvalue weighted by molar-refractivity contribution is 8.93. The van der Waals surface area contributed by atoms with Crippen LogP contribution in [-0.2, 0) is 12.0 Å². The molecule has 1 heterocycles. The maximum atomic E-state index is 13.0. The summed E-state index contributed by atoms with van der Waals surface area (Å²) in [6.07, 6.45) is 0. The van der Waals surface area contributed by atoms with Gasteiger partial charge in [0, 0.05) is 44.5 Å². The number of hydrogen-bond donors (Lipinski definition) is 2. The van der Waals surface area contributed by atoms with Gasteiger partial charge < -0.3 is 15.1 Å². The topological polar surface area (TPSA) is 76.5 Å². The van der Waals surface area contributed by atoms with Crippen LogP contribution >= 0.6 is 17.0 Å². The number of benzene rings is 2. The molecule has 1 aliphatic heterocycles. The summed E-state index contributed by atoms with van der Waals surface area (Å²) < 4.78 is 0. The Morgan fingerprint density at radius 2 is 1.84 bits per heavy atom. The zero-order chi connectivity index (χ0) is 22.2. The van der Waals surface area contributed by atoms with Crippen molar-refractivity contribution in [2.75, 3.05) is 32.6 Å². The van der Waals surface area contributed by atoms with Crippen LogP contribution in [0, 0.1) is 5.41 Å². The second-order valence-electron chi connectivity index (χ2n) is 8.96. The summed E-state index contributed by atoms with van der Waals surface area (Å²) in [6, 6.07) is 11.4. The summed E-state index contributed by atoms with van der Waals surface area (Å²) in [5.74, 6) is 0.0709. The Kier molecular flexibility index (Phi) is 7.32. The predicted molar refractivity (Wildman–Crippen MR) is 131 cm³/mol. The molecule has 7 heteroatoms. The van der Waals surface area contributed by atoms with Crippen LogP contribution in [0.1, 0.15) is 58.2 Å². The van der Waals surface area contributed by atoms with Crippen LogP contribution in [0.3, 0.4) is 0 Å². The van der Waals surface area contributed by atoms with Crippen molar-refractivity contribution in [1.82, 2.24) is 10.2 Å². The van der Waals surface area contributed by atoms with Gasteiger partial charge in [0.25, 0.3) is 5.91 Å². The first kappa shape index (κ1) is 24.6. The number of carbonyl (C=O) groups is 2. The normalized spacial score (nSPS) is 12.8. The van der Waals surface area contributed by atoms with Gasteiger partial charge in [0.1, 0.15) is 5.84 Å². The van der Waals surface area contributed by atoms with Crippen LogP contribution in [0.4, 0.5) is 5.69 Å². The Hall–Kier alpha value is -2.67. The van der Waals surface area contributed by atoms with Crippen molar-refractivity contribution in [3.63, 3.8) is 0 Å². The molecule has 31 heavy (non-hydrogen) atoms. The molecule has 0 aliphatic carbocycles. The van der Waals surface area contributed by atoms with Gasteiger partial charge >= 0.3 is 0 Å². The number of fused-ring (bicyclic) bond motifs is 1. The molecule has 2 aromatic carbocycles. The van der Waals surface area contributed by atoms with Gasteiger partial charge in [-0.05, 0) is 34.7 Å². The van der Waals surface area contributed by atoms with Gasteiger partial charge in [-0.2, -0.15) is 0 Å². The number of nitrogens with one attached hydrogen (secondary N) is 2. The summed E-state index contributed by atoms with van der Waals surface area (Å²) in [6.45, 7) is 6.97. The van der Waals surface area contributed by atoms with Crippen molar-refractivity contribution in [2.45, 2.75) is 32.7 Å². The monoisotopic (exact) mass is 486 g/mol. The first-order valence-corrected chi connectivity index (χ1v) is 10.1. The van der Waals surface area contributed by atoms with Crippen molar-refractivity contribution in [2.24, 2.45) is 0 Å². The van der Waals surface area contributed by atoms with Gasteiger partial charge in [-0.3, -0.25) is 15.0 Å². The molecule has 6 nitrogen and oxygen atoms in total. The van der Waals surface area contributed by atoms with Gasteiger partial charge in [0.15, 0.2) is 5.78 Å². The van der Waals surface area contributed by atoms with Crippen molar-refractivity contribution < 1.29 is 9.59 Å². The highest BCUT2D eigenvalue weighted by Gasteiger charge is 2.29. The second kappa shape index (κ2) is 9.22. The lowest BCUT2D eigenvalue weighted by Crippen LogP contribution is -2.30. The lowest BCUT2D eigenvalue weighted by molar-refractivity contribution is 0.0955. The maximum Gasteiger partial charge on any atom is 0.253 e. The summed E-state index contributed by atoms with van der Waals surface area (Å²) >= 11 is 0. The zero-order valence-electron chi connectivity index (χ0n) is 19.0. The standard InChI is InChI=1S/C24H30N4O2.BrH/c1-24(2,3)17-9-7-8-15(10-17)21(29)14-28-13-16-11-20(27(5)6)19(23(30)26-4)12-18(16)22(28)25;/h7-12,25H,13-14H2,1-6H3,(H,26,30);1H. The Balaban J connectivity index is 0.00000341. The molecule has 1 aliphatic rings. The number of amides is 1. The van der Waals surface area contributed by atoms with E-state index < -0.39 is 0 Å². The van der Waals surface area contributed by atoms with Gasteiger partial charge in [-0.15, -0.1) is 17.0 Å². The summed E-state index contributed by atoms with van der Waals surface area (Å²) in [7, 11) is 5.37. The number of hydrogen-bond acceptors (Lipinski definition) is 4. The van der Waals surface area contributed by atoms with Crippen LogP contribution in [0.15, 0.2) is 36.4 Å². The molecule has 0 saturated heterocycles. The average Bonchev–Trinajstić information content (AvgIpc) is 3.00. The Bertz CT molecular complexity index is 1020. The minimum atomic E-state index is -0.192.